The van der Waals surface area contributed by atoms with Gasteiger partial charge in [0, 0.05) is 12.6 Å². The molecule has 2 heteroatoms. The van der Waals surface area contributed by atoms with Gasteiger partial charge in [-0.15, -0.1) is 0 Å². The molecule has 1 unspecified atom stereocenters. The van der Waals surface area contributed by atoms with Crippen LogP contribution in [0.4, 0.5) is 0 Å². The highest BCUT2D eigenvalue weighted by Crippen LogP contribution is 2.11. The molecule has 1 aromatic carbocycles. The van der Waals surface area contributed by atoms with E-state index in [0.29, 0.717) is 6.04 Å². The Kier molecular flexibility index (Phi) is 8.31. The second-order valence-corrected chi connectivity index (χ2v) is 5.37. The molecule has 0 saturated heterocycles. The minimum atomic E-state index is 0.595. The molecule has 0 aliphatic heterocycles. The summed E-state index contributed by atoms with van der Waals surface area (Å²) in [5.41, 5.74) is 1.25. The molecule has 0 aromatic heterocycles. The minimum Gasteiger partial charge on any atom is -0.492 e. The summed E-state index contributed by atoms with van der Waals surface area (Å²) in [6.45, 7) is 8.26. The zero-order valence-corrected chi connectivity index (χ0v) is 12.7. The smallest absolute Gasteiger partial charge is 0.119 e. The van der Waals surface area contributed by atoms with Gasteiger partial charge >= 0.3 is 0 Å². The number of ether oxygens (including phenoxy) is 1. The summed E-state index contributed by atoms with van der Waals surface area (Å²) in [6.07, 6.45) is 6.64. The van der Waals surface area contributed by atoms with Crippen molar-refractivity contribution in [3.8, 4) is 5.75 Å². The molecule has 0 fully saturated rings. The van der Waals surface area contributed by atoms with Crippen molar-refractivity contribution in [1.82, 2.24) is 5.32 Å². The Labute approximate surface area is 118 Å². The fourth-order valence-corrected chi connectivity index (χ4v) is 2.16. The number of aryl methyl sites for hydroxylation is 1. The Bertz CT molecular complexity index is 338. The van der Waals surface area contributed by atoms with Gasteiger partial charge in [-0.1, -0.05) is 44.7 Å². The van der Waals surface area contributed by atoms with Gasteiger partial charge in [0.25, 0.3) is 0 Å². The van der Waals surface area contributed by atoms with Crippen molar-refractivity contribution >= 4 is 0 Å². The second-order valence-electron chi connectivity index (χ2n) is 5.37. The molecule has 2 nitrogen and oxygen atoms in total. The van der Waals surface area contributed by atoms with Crippen molar-refractivity contribution < 1.29 is 4.74 Å². The van der Waals surface area contributed by atoms with Gasteiger partial charge in [-0.2, -0.15) is 0 Å². The first kappa shape index (κ1) is 16.0. The molecule has 108 valence electrons. The van der Waals surface area contributed by atoms with Crippen LogP contribution in [0.1, 0.15) is 51.5 Å². The van der Waals surface area contributed by atoms with Gasteiger partial charge < -0.3 is 10.1 Å². The summed E-state index contributed by atoms with van der Waals surface area (Å²) >= 11 is 0. The van der Waals surface area contributed by atoms with Crippen LogP contribution >= 0.6 is 0 Å². The van der Waals surface area contributed by atoms with Crippen LogP contribution in [-0.2, 0) is 0 Å². The predicted molar refractivity (Wildman–Crippen MR) is 82.9 cm³/mol. The van der Waals surface area contributed by atoms with Crippen LogP contribution in [0.5, 0.6) is 5.75 Å². The molecule has 0 bridgehead atoms. The molecule has 19 heavy (non-hydrogen) atoms. The van der Waals surface area contributed by atoms with E-state index in [-0.39, 0.29) is 0 Å². The fraction of sp³-hybridized carbons (Fsp3) is 0.647. The number of unbranched alkanes of at least 4 members (excludes halogenated alkanes) is 3. The lowest BCUT2D eigenvalue weighted by Gasteiger charge is -2.14. The molecule has 0 saturated carbocycles. The average Bonchev–Trinajstić information content (AvgIpc) is 2.40. The van der Waals surface area contributed by atoms with E-state index in [1.165, 1.54) is 37.7 Å². The first-order valence-corrected chi connectivity index (χ1v) is 7.65. The van der Waals surface area contributed by atoms with Gasteiger partial charge in [-0.3, -0.25) is 0 Å². The molecule has 1 N–H and O–H groups in total. The van der Waals surface area contributed by atoms with Crippen LogP contribution in [0.2, 0.25) is 0 Å². The molecule has 1 aromatic rings. The number of nitrogens with one attached hydrogen (secondary N) is 1. The Morgan fingerprint density at radius 2 is 2.05 bits per heavy atom. The quantitative estimate of drug-likeness (QED) is 0.635. The maximum absolute atomic E-state index is 5.72. The summed E-state index contributed by atoms with van der Waals surface area (Å²) in [6, 6.07) is 8.81. The third-order valence-electron chi connectivity index (χ3n) is 3.34. The molecule has 0 amide bonds. The molecule has 1 atom stereocenters. The van der Waals surface area contributed by atoms with Crippen LogP contribution in [-0.4, -0.2) is 19.2 Å². The van der Waals surface area contributed by atoms with E-state index in [1.54, 1.807) is 0 Å². The Morgan fingerprint density at radius 1 is 1.21 bits per heavy atom. The average molecular weight is 263 g/mol. The number of benzene rings is 1. The van der Waals surface area contributed by atoms with Gasteiger partial charge in [-0.05, 0) is 38.0 Å². The normalized spacial score (nSPS) is 12.4. The summed E-state index contributed by atoms with van der Waals surface area (Å²) in [4.78, 5) is 0. The maximum atomic E-state index is 5.72. The van der Waals surface area contributed by atoms with Gasteiger partial charge in [0.15, 0.2) is 0 Å². The van der Waals surface area contributed by atoms with Gasteiger partial charge in [0.2, 0.25) is 0 Å². The Balaban J connectivity index is 2.03. The van der Waals surface area contributed by atoms with Crippen molar-refractivity contribution in [2.75, 3.05) is 13.2 Å². The molecule has 0 heterocycles. The summed E-state index contributed by atoms with van der Waals surface area (Å²) < 4.78 is 5.72. The summed E-state index contributed by atoms with van der Waals surface area (Å²) in [5.74, 6) is 0.970. The van der Waals surface area contributed by atoms with Crippen LogP contribution < -0.4 is 10.1 Å². The van der Waals surface area contributed by atoms with Crippen LogP contribution in [0.15, 0.2) is 24.3 Å². The zero-order chi connectivity index (χ0) is 13.9. The highest BCUT2D eigenvalue weighted by atomic mass is 16.5. The number of rotatable bonds is 10. The fourth-order valence-electron chi connectivity index (χ4n) is 2.16. The lowest BCUT2D eigenvalue weighted by atomic mass is 10.1. The standard InChI is InChI=1S/C17H29NO/c1-4-5-6-7-10-16(3)18-12-13-19-17-11-8-9-15(2)14-17/h8-9,11,14,16,18H,4-7,10,12-13H2,1-3H3. The monoisotopic (exact) mass is 263 g/mol. The third kappa shape index (κ3) is 7.89. The largest absolute Gasteiger partial charge is 0.492 e. The SMILES string of the molecule is CCCCCCC(C)NCCOc1cccc(C)c1. The summed E-state index contributed by atoms with van der Waals surface area (Å²) in [7, 11) is 0. The maximum Gasteiger partial charge on any atom is 0.119 e. The highest BCUT2D eigenvalue weighted by Gasteiger charge is 2.00. The van der Waals surface area contributed by atoms with Crippen molar-refractivity contribution in [2.45, 2.75) is 58.9 Å². The molecular formula is C17H29NO. The van der Waals surface area contributed by atoms with Crippen molar-refractivity contribution in [2.24, 2.45) is 0 Å². The first-order valence-electron chi connectivity index (χ1n) is 7.65. The van der Waals surface area contributed by atoms with Crippen molar-refractivity contribution in [3.05, 3.63) is 29.8 Å². The van der Waals surface area contributed by atoms with Gasteiger partial charge in [-0.25, -0.2) is 0 Å². The van der Waals surface area contributed by atoms with E-state index in [9.17, 15) is 0 Å². The molecule has 0 aliphatic carbocycles. The Hall–Kier alpha value is -1.02. The van der Waals surface area contributed by atoms with E-state index < -0.39 is 0 Å². The molecule has 0 spiro atoms. The third-order valence-corrected chi connectivity index (χ3v) is 3.34. The van der Waals surface area contributed by atoms with Gasteiger partial charge in [0.1, 0.15) is 12.4 Å². The number of hydrogen-bond donors (Lipinski definition) is 1. The van der Waals surface area contributed by atoms with E-state index in [1.807, 2.05) is 12.1 Å². The second kappa shape index (κ2) is 9.85. The molecule has 1 rings (SSSR count). The zero-order valence-electron chi connectivity index (χ0n) is 12.7. The van der Waals surface area contributed by atoms with E-state index in [4.69, 9.17) is 4.74 Å². The van der Waals surface area contributed by atoms with E-state index >= 15 is 0 Å². The minimum absolute atomic E-state index is 0.595. The lowest BCUT2D eigenvalue weighted by Crippen LogP contribution is -2.30. The van der Waals surface area contributed by atoms with E-state index in [0.717, 1.165) is 18.9 Å². The van der Waals surface area contributed by atoms with Gasteiger partial charge in [0.05, 0.1) is 0 Å². The molecular weight excluding hydrogens is 234 g/mol. The number of hydrogen-bond acceptors (Lipinski definition) is 2. The van der Waals surface area contributed by atoms with Crippen LogP contribution in [0.3, 0.4) is 0 Å². The van der Waals surface area contributed by atoms with Crippen LogP contribution in [0.25, 0.3) is 0 Å². The summed E-state index contributed by atoms with van der Waals surface area (Å²) in [5, 5.41) is 3.52. The Morgan fingerprint density at radius 3 is 2.79 bits per heavy atom. The van der Waals surface area contributed by atoms with E-state index in [2.05, 4.69) is 38.2 Å². The lowest BCUT2D eigenvalue weighted by molar-refractivity contribution is 0.304. The van der Waals surface area contributed by atoms with Crippen molar-refractivity contribution in [1.29, 1.82) is 0 Å². The van der Waals surface area contributed by atoms with Crippen molar-refractivity contribution in [3.63, 3.8) is 0 Å². The predicted octanol–water partition coefficient (Wildman–Crippen LogP) is 4.32. The topological polar surface area (TPSA) is 21.3 Å². The molecule has 0 radical (unpaired) electrons. The first-order chi connectivity index (χ1) is 9.22. The van der Waals surface area contributed by atoms with Crippen LogP contribution in [0, 0.1) is 6.92 Å². The highest BCUT2D eigenvalue weighted by molar-refractivity contribution is 5.27. The molecule has 0 aliphatic rings.